The van der Waals surface area contributed by atoms with Crippen LogP contribution in [0, 0.1) is 0 Å². The molecule has 3 heteroatoms. The fourth-order valence-electron chi connectivity index (χ4n) is 11.0. The molecule has 2 fully saturated rings. The fourth-order valence-corrected chi connectivity index (χ4v) is 14.1. The van der Waals surface area contributed by atoms with Gasteiger partial charge in [-0.3, -0.25) is 0 Å². The summed E-state index contributed by atoms with van der Waals surface area (Å²) in [6.45, 7) is 5.01. The maximum atomic E-state index is 2.51. The normalized spacial score (nSPS) is 16.8. The van der Waals surface area contributed by atoms with Crippen LogP contribution in [0.3, 0.4) is 0 Å². The van der Waals surface area contributed by atoms with Gasteiger partial charge in [0.25, 0.3) is 0 Å². The minimum absolute atomic E-state index is 0.0128. The summed E-state index contributed by atoms with van der Waals surface area (Å²) in [5.41, 5.74) is 14.4. The Balaban J connectivity index is 0.985. The lowest BCUT2D eigenvalue weighted by molar-refractivity contribution is 0.346. The molecule has 1 heterocycles. The van der Waals surface area contributed by atoms with Crippen molar-refractivity contribution in [3.05, 3.63) is 193 Å². The maximum absolute atomic E-state index is 2.51. The zero-order valence-corrected chi connectivity index (χ0v) is 35.8. The van der Waals surface area contributed by atoms with Gasteiger partial charge in [0.1, 0.15) is 8.07 Å². The smallest absolute Gasteiger partial charge is 0.113 e. The van der Waals surface area contributed by atoms with Crippen molar-refractivity contribution in [1.29, 1.82) is 0 Å². The van der Waals surface area contributed by atoms with Crippen LogP contribution in [0.4, 0.5) is 34.1 Å². The van der Waals surface area contributed by atoms with E-state index in [1.807, 2.05) is 0 Å². The van der Waals surface area contributed by atoms with E-state index >= 15 is 0 Å². The topological polar surface area (TPSA) is 6.48 Å². The molecule has 59 heavy (non-hydrogen) atoms. The molecule has 7 aromatic carbocycles. The lowest BCUT2D eigenvalue weighted by Crippen LogP contribution is -2.49. The second-order valence-corrected chi connectivity index (χ2v) is 22.2. The van der Waals surface area contributed by atoms with Crippen molar-refractivity contribution in [2.45, 2.75) is 88.6 Å². The molecular weight excluding hydrogens is 729 g/mol. The summed E-state index contributed by atoms with van der Waals surface area (Å²) in [5.74, 6) is 0.704. The summed E-state index contributed by atoms with van der Waals surface area (Å²) in [6.07, 6.45) is 12.9. The fraction of sp³-hybridized carbons (Fsp3) is 0.250. The first-order valence-corrected chi connectivity index (χ1v) is 25.3. The number of hydrogen-bond acceptors (Lipinski definition) is 2. The molecule has 10 rings (SSSR count). The van der Waals surface area contributed by atoms with Gasteiger partial charge in [-0.05, 0) is 143 Å². The van der Waals surface area contributed by atoms with Crippen LogP contribution < -0.4 is 20.2 Å². The van der Waals surface area contributed by atoms with Crippen LogP contribution in [-0.4, -0.2) is 8.07 Å². The molecule has 2 aliphatic carbocycles. The number of fused-ring (bicyclic) bond motifs is 3. The highest BCUT2D eigenvalue weighted by Crippen LogP contribution is 2.47. The Labute approximate surface area is 353 Å². The molecule has 0 unspecified atom stereocenters. The molecule has 1 aliphatic heterocycles. The Hall–Kier alpha value is -5.64. The van der Waals surface area contributed by atoms with Crippen LogP contribution >= 0.6 is 0 Å². The molecule has 0 amide bonds. The van der Waals surface area contributed by atoms with Crippen LogP contribution in [0.5, 0.6) is 0 Å². The van der Waals surface area contributed by atoms with Crippen molar-refractivity contribution < 1.29 is 0 Å². The van der Waals surface area contributed by atoms with Gasteiger partial charge in [-0.25, -0.2) is 0 Å². The van der Waals surface area contributed by atoms with Crippen molar-refractivity contribution in [2.75, 3.05) is 9.80 Å². The highest BCUT2D eigenvalue weighted by atomic mass is 28.3. The lowest BCUT2D eigenvalue weighted by Gasteiger charge is -2.39. The van der Waals surface area contributed by atoms with E-state index in [1.54, 1.807) is 5.19 Å². The van der Waals surface area contributed by atoms with Gasteiger partial charge in [0.05, 0.1) is 0 Å². The van der Waals surface area contributed by atoms with Crippen LogP contribution in [-0.2, 0) is 5.41 Å². The zero-order chi connectivity index (χ0) is 39.8. The minimum Gasteiger partial charge on any atom is -0.311 e. The van der Waals surface area contributed by atoms with Crippen molar-refractivity contribution in [2.24, 2.45) is 0 Å². The summed E-state index contributed by atoms with van der Waals surface area (Å²) in [4.78, 5) is 4.88. The second-order valence-electron chi connectivity index (χ2n) is 17.9. The standard InChI is InChI=1S/C56H56N2Si/c1-59(2)54-24-14-13-23-52(54)53-38-37-51(41-55(53)59)58(47-21-11-5-12-22-47)50-35-29-45(30-36-50)56(39-15-6-16-40-56)44-27-33-49(34-28-44)57(46-19-9-4-10-20-46)48-31-25-43(26-32-48)42-17-7-3-8-18-42/h4-5,9-14,19-38,41-42H,3,6-8,15-18,39-40H2,1-2H3. The van der Waals surface area contributed by atoms with E-state index in [4.69, 9.17) is 0 Å². The average Bonchev–Trinajstić information content (AvgIpc) is 3.53. The van der Waals surface area contributed by atoms with Crippen LogP contribution in [0.15, 0.2) is 176 Å². The molecular formula is C56H56N2Si. The summed E-state index contributed by atoms with van der Waals surface area (Å²) in [5, 5.41) is 3.07. The Kier molecular flexibility index (Phi) is 10.1. The van der Waals surface area contributed by atoms with Crippen molar-refractivity contribution in [3.8, 4) is 11.1 Å². The van der Waals surface area contributed by atoms with Crippen molar-refractivity contribution in [3.63, 3.8) is 0 Å². The largest absolute Gasteiger partial charge is 0.311 e. The molecule has 0 atom stereocenters. The van der Waals surface area contributed by atoms with E-state index < -0.39 is 8.07 Å². The first-order valence-electron chi connectivity index (χ1n) is 22.3. The van der Waals surface area contributed by atoms with Crippen molar-refractivity contribution >= 4 is 52.6 Å². The number of hydrogen-bond donors (Lipinski definition) is 0. The third kappa shape index (κ3) is 6.94. The summed E-state index contributed by atoms with van der Waals surface area (Å²) in [7, 11) is -1.83. The molecule has 0 spiro atoms. The summed E-state index contributed by atoms with van der Waals surface area (Å²) >= 11 is 0. The predicted molar refractivity (Wildman–Crippen MR) is 254 cm³/mol. The second kappa shape index (κ2) is 15.8. The van der Waals surface area contributed by atoms with Gasteiger partial charge in [0.2, 0.25) is 0 Å². The minimum atomic E-state index is -1.83. The first kappa shape index (κ1) is 37.6. The molecule has 3 aliphatic rings. The lowest BCUT2D eigenvalue weighted by atomic mass is 9.65. The first-order chi connectivity index (χ1) is 29.0. The third-order valence-corrected chi connectivity index (χ3v) is 17.7. The van der Waals surface area contributed by atoms with Gasteiger partial charge in [0.15, 0.2) is 0 Å². The predicted octanol–water partition coefficient (Wildman–Crippen LogP) is 14.7. The highest BCUT2D eigenvalue weighted by Gasteiger charge is 2.38. The van der Waals surface area contributed by atoms with Crippen molar-refractivity contribution in [1.82, 2.24) is 0 Å². The van der Waals surface area contributed by atoms with E-state index in [9.17, 15) is 0 Å². The van der Waals surface area contributed by atoms with Crippen LogP contribution in [0.25, 0.3) is 11.1 Å². The van der Waals surface area contributed by atoms with Gasteiger partial charge in [-0.15, -0.1) is 0 Å². The van der Waals surface area contributed by atoms with Gasteiger partial charge in [-0.1, -0.05) is 155 Å². The Bertz CT molecular complexity index is 2510. The molecule has 0 radical (unpaired) electrons. The zero-order valence-electron chi connectivity index (χ0n) is 34.8. The van der Waals surface area contributed by atoms with E-state index in [-0.39, 0.29) is 5.41 Å². The van der Waals surface area contributed by atoms with Crippen LogP contribution in [0.1, 0.15) is 86.8 Å². The molecule has 0 aromatic heterocycles. The number of nitrogens with zero attached hydrogens (tertiary/aromatic N) is 2. The van der Waals surface area contributed by atoms with Crippen LogP contribution in [0.2, 0.25) is 13.1 Å². The number of para-hydroxylation sites is 2. The molecule has 2 saturated carbocycles. The Morgan fingerprint density at radius 1 is 0.407 bits per heavy atom. The summed E-state index contributed by atoms with van der Waals surface area (Å²) < 4.78 is 0. The Morgan fingerprint density at radius 2 is 0.847 bits per heavy atom. The molecule has 0 bridgehead atoms. The summed E-state index contributed by atoms with van der Waals surface area (Å²) in [6, 6.07) is 66.8. The van der Waals surface area contributed by atoms with Gasteiger partial charge in [-0.2, -0.15) is 0 Å². The van der Waals surface area contributed by atoms with E-state index in [0.717, 1.165) is 0 Å². The monoisotopic (exact) mass is 784 g/mol. The average molecular weight is 785 g/mol. The number of benzene rings is 7. The van der Waals surface area contributed by atoms with Gasteiger partial charge < -0.3 is 9.80 Å². The van der Waals surface area contributed by atoms with E-state index in [0.29, 0.717) is 5.92 Å². The van der Waals surface area contributed by atoms with Gasteiger partial charge in [0, 0.05) is 39.5 Å². The molecule has 7 aromatic rings. The number of anilines is 6. The third-order valence-electron chi connectivity index (χ3n) is 14.1. The van der Waals surface area contributed by atoms with Gasteiger partial charge >= 0.3 is 0 Å². The molecule has 0 N–H and O–H groups in total. The number of rotatable bonds is 9. The maximum Gasteiger partial charge on any atom is 0.113 e. The molecule has 2 nitrogen and oxygen atoms in total. The Morgan fingerprint density at radius 3 is 1.42 bits per heavy atom. The van der Waals surface area contributed by atoms with E-state index in [1.165, 1.54) is 131 Å². The van der Waals surface area contributed by atoms with E-state index in [2.05, 4.69) is 199 Å². The quantitative estimate of drug-likeness (QED) is 0.135. The molecule has 0 saturated heterocycles. The highest BCUT2D eigenvalue weighted by molar-refractivity contribution is 7.03. The SMILES string of the molecule is C[Si]1(C)c2ccccc2-c2ccc(N(c3ccccc3)c3ccc(C4(c5ccc(N(c6ccccc6)c6ccc(C7CCCCC7)cc6)cc5)CCCCC4)cc3)cc21. The molecule has 294 valence electrons.